The molecule has 0 bridgehead atoms. The summed E-state index contributed by atoms with van der Waals surface area (Å²) in [6, 6.07) is 30.0. The van der Waals surface area contributed by atoms with Crippen LogP contribution >= 0.6 is 22.6 Å². The van der Waals surface area contributed by atoms with Crippen molar-refractivity contribution in [2.45, 2.75) is 32.8 Å². The maximum absolute atomic E-state index is 13.6. The molecule has 0 amide bonds. The van der Waals surface area contributed by atoms with Crippen molar-refractivity contribution in [3.63, 3.8) is 0 Å². The Hall–Kier alpha value is -3.30. The molecule has 1 heterocycles. The minimum absolute atomic E-state index is 0.400. The number of aromatic nitrogens is 1. The highest BCUT2D eigenvalue weighted by atomic mass is 127. The molecule has 0 aliphatic heterocycles. The quantitative estimate of drug-likeness (QED) is 0.192. The Kier molecular flexibility index (Phi) is 7.23. The van der Waals surface area contributed by atoms with Crippen molar-refractivity contribution in [3.8, 4) is 23.1 Å². The Labute approximate surface area is 214 Å². The monoisotopic (exact) mass is 559 g/mol. The van der Waals surface area contributed by atoms with Crippen molar-refractivity contribution in [2.24, 2.45) is 0 Å². The number of carbonyl (C=O) groups excluding carboxylic acids is 1. The van der Waals surface area contributed by atoms with E-state index in [1.807, 2.05) is 99.6 Å². The van der Waals surface area contributed by atoms with E-state index < -0.39 is 11.7 Å². The van der Waals surface area contributed by atoms with Gasteiger partial charge in [-0.15, -0.1) is 0 Å². The van der Waals surface area contributed by atoms with Crippen LogP contribution in [0.5, 0.6) is 0 Å². The number of ether oxygens (including phenoxy) is 1. The minimum Gasteiger partial charge on any atom is -0.443 e. The SMILES string of the molecule is CC(C)(C)OC(=O)n1c(Cc2ccccc2)c(C#Cc2ccccc2)c(I)c1-c1ccccc1. The van der Waals surface area contributed by atoms with Crippen LogP contribution in [0.15, 0.2) is 91.0 Å². The molecule has 1 aromatic heterocycles. The van der Waals surface area contributed by atoms with Gasteiger partial charge in [0.05, 0.1) is 20.5 Å². The third-order valence-electron chi connectivity index (χ3n) is 5.15. The van der Waals surface area contributed by atoms with Crippen molar-refractivity contribution >= 4 is 28.7 Å². The Bertz CT molecular complexity index is 1340. The summed E-state index contributed by atoms with van der Waals surface area (Å²) in [5, 5.41) is 0. The highest BCUT2D eigenvalue weighted by Gasteiger charge is 2.28. The van der Waals surface area contributed by atoms with E-state index in [0.717, 1.165) is 37.2 Å². The van der Waals surface area contributed by atoms with Gasteiger partial charge in [0.25, 0.3) is 0 Å². The van der Waals surface area contributed by atoms with Crippen LogP contribution < -0.4 is 0 Å². The molecule has 3 aromatic carbocycles. The topological polar surface area (TPSA) is 31.2 Å². The lowest BCUT2D eigenvalue weighted by atomic mass is 10.1. The highest BCUT2D eigenvalue weighted by molar-refractivity contribution is 14.1. The van der Waals surface area contributed by atoms with Crippen LogP contribution in [0.2, 0.25) is 0 Å². The predicted molar refractivity (Wildman–Crippen MR) is 146 cm³/mol. The van der Waals surface area contributed by atoms with Gasteiger partial charge in [0.15, 0.2) is 0 Å². The van der Waals surface area contributed by atoms with Crippen LogP contribution in [0, 0.1) is 15.4 Å². The highest BCUT2D eigenvalue weighted by Crippen LogP contribution is 2.35. The van der Waals surface area contributed by atoms with Gasteiger partial charge in [0, 0.05) is 12.0 Å². The molecule has 0 radical (unpaired) electrons. The molecule has 4 rings (SSSR count). The smallest absolute Gasteiger partial charge is 0.419 e. The van der Waals surface area contributed by atoms with Crippen LogP contribution in [-0.4, -0.2) is 16.3 Å². The van der Waals surface area contributed by atoms with Crippen LogP contribution in [0.3, 0.4) is 0 Å². The molecule has 4 heteroatoms. The average molecular weight is 559 g/mol. The first kappa shape index (κ1) is 23.8. The summed E-state index contributed by atoms with van der Waals surface area (Å²) >= 11 is 2.32. The average Bonchev–Trinajstić information content (AvgIpc) is 3.09. The van der Waals surface area contributed by atoms with Gasteiger partial charge in [0.1, 0.15) is 5.60 Å². The maximum Gasteiger partial charge on any atom is 0.419 e. The molecular formula is C30H26INO2. The molecule has 0 unspecified atom stereocenters. The van der Waals surface area contributed by atoms with Crippen LogP contribution in [-0.2, 0) is 11.2 Å². The molecule has 0 fully saturated rings. The fourth-order valence-corrected chi connectivity index (χ4v) is 4.69. The van der Waals surface area contributed by atoms with E-state index in [9.17, 15) is 4.79 Å². The Morgan fingerprint density at radius 2 is 1.41 bits per heavy atom. The van der Waals surface area contributed by atoms with Gasteiger partial charge < -0.3 is 4.74 Å². The maximum atomic E-state index is 13.6. The first-order valence-corrected chi connectivity index (χ1v) is 12.2. The minimum atomic E-state index is -0.624. The van der Waals surface area contributed by atoms with Gasteiger partial charge in [-0.05, 0) is 66.6 Å². The number of hydrogen-bond acceptors (Lipinski definition) is 2. The molecular weight excluding hydrogens is 533 g/mol. The fourth-order valence-electron chi connectivity index (χ4n) is 3.69. The number of rotatable bonds is 3. The largest absolute Gasteiger partial charge is 0.443 e. The zero-order chi connectivity index (χ0) is 24.1. The summed E-state index contributed by atoms with van der Waals surface area (Å²) in [6.45, 7) is 5.65. The summed E-state index contributed by atoms with van der Waals surface area (Å²) in [5.74, 6) is 6.67. The molecule has 170 valence electrons. The number of carbonyl (C=O) groups is 1. The van der Waals surface area contributed by atoms with Crippen molar-refractivity contribution in [2.75, 3.05) is 0 Å². The Morgan fingerprint density at radius 3 is 2.00 bits per heavy atom. The normalized spacial score (nSPS) is 10.9. The lowest BCUT2D eigenvalue weighted by molar-refractivity contribution is 0.0536. The van der Waals surface area contributed by atoms with Crippen LogP contribution in [0.1, 0.15) is 43.2 Å². The molecule has 0 saturated heterocycles. The molecule has 0 atom stereocenters. The van der Waals surface area contributed by atoms with E-state index in [1.54, 1.807) is 4.57 Å². The molecule has 0 aliphatic carbocycles. The van der Waals surface area contributed by atoms with Crippen LogP contribution in [0.25, 0.3) is 11.3 Å². The van der Waals surface area contributed by atoms with E-state index in [-0.39, 0.29) is 0 Å². The van der Waals surface area contributed by atoms with Crippen molar-refractivity contribution < 1.29 is 9.53 Å². The molecule has 34 heavy (non-hydrogen) atoms. The van der Waals surface area contributed by atoms with Gasteiger partial charge in [0.2, 0.25) is 0 Å². The lowest BCUT2D eigenvalue weighted by Gasteiger charge is -2.22. The number of benzene rings is 3. The second-order valence-corrected chi connectivity index (χ2v) is 10.0. The second kappa shape index (κ2) is 10.3. The predicted octanol–water partition coefficient (Wildman–Crippen LogP) is 7.53. The van der Waals surface area contributed by atoms with E-state index in [2.05, 4.69) is 46.6 Å². The molecule has 0 N–H and O–H groups in total. The molecule has 4 aromatic rings. The summed E-state index contributed by atoms with van der Waals surface area (Å²) in [4.78, 5) is 13.6. The Morgan fingerprint density at radius 1 is 0.853 bits per heavy atom. The van der Waals surface area contributed by atoms with E-state index in [4.69, 9.17) is 4.74 Å². The lowest BCUT2D eigenvalue weighted by Crippen LogP contribution is -2.28. The number of nitrogens with zero attached hydrogens (tertiary/aromatic N) is 1. The second-order valence-electron chi connectivity index (χ2n) is 8.94. The van der Waals surface area contributed by atoms with E-state index >= 15 is 0 Å². The van der Waals surface area contributed by atoms with Gasteiger partial charge >= 0.3 is 6.09 Å². The third kappa shape index (κ3) is 5.60. The zero-order valence-electron chi connectivity index (χ0n) is 19.5. The standard InChI is InChI=1S/C30H26INO2/c1-30(2,3)34-29(33)32-26(21-23-15-9-5-10-16-23)25(20-19-22-13-7-4-8-14-22)27(31)28(32)24-17-11-6-12-18-24/h4-18H,21H2,1-3H3. The van der Waals surface area contributed by atoms with E-state index in [1.165, 1.54) is 0 Å². The molecule has 0 aliphatic rings. The van der Waals surface area contributed by atoms with Crippen molar-refractivity contribution in [1.82, 2.24) is 4.57 Å². The zero-order valence-corrected chi connectivity index (χ0v) is 21.7. The van der Waals surface area contributed by atoms with Gasteiger partial charge in [-0.2, -0.15) is 0 Å². The van der Waals surface area contributed by atoms with Gasteiger partial charge in [-0.25, -0.2) is 9.36 Å². The molecule has 0 spiro atoms. The first-order valence-electron chi connectivity index (χ1n) is 11.2. The number of halogens is 1. The summed E-state index contributed by atoms with van der Waals surface area (Å²) in [5.41, 5.74) is 4.82. The van der Waals surface area contributed by atoms with Crippen LogP contribution in [0.4, 0.5) is 4.79 Å². The number of hydrogen-bond donors (Lipinski definition) is 0. The van der Waals surface area contributed by atoms with Crippen molar-refractivity contribution in [1.29, 1.82) is 0 Å². The first-order chi connectivity index (χ1) is 16.3. The van der Waals surface area contributed by atoms with Gasteiger partial charge in [-0.3, -0.25) is 0 Å². The fraction of sp³-hybridized carbons (Fsp3) is 0.167. The molecule has 0 saturated carbocycles. The van der Waals surface area contributed by atoms with Gasteiger partial charge in [-0.1, -0.05) is 90.7 Å². The summed E-state index contributed by atoms with van der Waals surface area (Å²) in [6.07, 6.45) is 0.157. The van der Waals surface area contributed by atoms with E-state index in [0.29, 0.717) is 6.42 Å². The summed E-state index contributed by atoms with van der Waals surface area (Å²) < 4.78 is 8.51. The molecule has 3 nitrogen and oxygen atoms in total. The van der Waals surface area contributed by atoms with Crippen molar-refractivity contribution in [3.05, 3.63) is 117 Å². The summed E-state index contributed by atoms with van der Waals surface area (Å²) in [7, 11) is 0. The Balaban J connectivity index is 1.97. The third-order valence-corrected chi connectivity index (χ3v) is 6.20.